The van der Waals surface area contributed by atoms with Crippen molar-refractivity contribution < 1.29 is 14.3 Å². The maximum absolute atomic E-state index is 12.9. The number of carbonyl (C=O) groups excluding carboxylic acids is 2. The number of benzene rings is 1. The number of nitrogens with zero attached hydrogens (tertiary/aromatic N) is 2. The molecule has 2 rings (SSSR count). The van der Waals surface area contributed by atoms with Crippen molar-refractivity contribution in [2.24, 2.45) is 0 Å². The van der Waals surface area contributed by atoms with Crippen molar-refractivity contribution in [2.75, 3.05) is 20.2 Å². The number of hydrogen-bond acceptors (Lipinski definition) is 3. The van der Waals surface area contributed by atoms with Gasteiger partial charge in [0.05, 0.1) is 5.60 Å². The monoisotopic (exact) mass is 360 g/mol. The molecule has 1 aliphatic heterocycles. The lowest BCUT2D eigenvalue weighted by molar-refractivity contribution is -0.145. The fourth-order valence-electron chi connectivity index (χ4n) is 3.27. The van der Waals surface area contributed by atoms with E-state index in [1.54, 1.807) is 9.80 Å². The van der Waals surface area contributed by atoms with Crippen molar-refractivity contribution in [2.45, 2.75) is 65.1 Å². The van der Waals surface area contributed by atoms with Crippen molar-refractivity contribution in [3.8, 4) is 0 Å². The first-order valence-corrected chi connectivity index (χ1v) is 9.42. The molecule has 2 amide bonds. The molecular formula is C21H32N2O3. The lowest BCUT2D eigenvalue weighted by Gasteiger charge is -2.37. The zero-order valence-corrected chi connectivity index (χ0v) is 16.7. The van der Waals surface area contributed by atoms with Crippen LogP contribution in [0.15, 0.2) is 24.3 Å². The maximum atomic E-state index is 12.9. The summed E-state index contributed by atoms with van der Waals surface area (Å²) in [6, 6.07) is 7.65. The lowest BCUT2D eigenvalue weighted by atomic mass is 9.93. The third-order valence-electron chi connectivity index (χ3n) is 4.74. The van der Waals surface area contributed by atoms with Gasteiger partial charge in [-0.2, -0.15) is 0 Å². The highest BCUT2D eigenvalue weighted by atomic mass is 16.5. The van der Waals surface area contributed by atoms with Crippen LogP contribution < -0.4 is 0 Å². The van der Waals surface area contributed by atoms with Gasteiger partial charge in [0.1, 0.15) is 6.04 Å². The Hall–Kier alpha value is -1.88. The van der Waals surface area contributed by atoms with Crippen molar-refractivity contribution in [3.05, 3.63) is 35.4 Å². The number of unbranched alkanes of at least 4 members (excludes halogenated alkanes) is 1. The fraction of sp³-hybridized carbons (Fsp3) is 0.619. The third kappa shape index (κ3) is 5.56. The van der Waals surface area contributed by atoms with Gasteiger partial charge in [0.25, 0.3) is 0 Å². The van der Waals surface area contributed by atoms with E-state index in [0.717, 1.165) is 24.0 Å². The van der Waals surface area contributed by atoms with Crippen LogP contribution in [0, 0.1) is 0 Å². The molecule has 5 heteroatoms. The standard InChI is InChI=1S/C21H32N2O3/c1-16(24)23-15-18-11-7-6-10-17(18)14-19(23)20(25)22(5)12-8-9-13-26-21(2,3)4/h6-7,10-11,19H,8-9,12-15H2,1-5H3/t19-/m0/s1. The van der Waals surface area contributed by atoms with Crippen LogP contribution in [0.5, 0.6) is 0 Å². The third-order valence-corrected chi connectivity index (χ3v) is 4.74. The van der Waals surface area contributed by atoms with E-state index >= 15 is 0 Å². The summed E-state index contributed by atoms with van der Waals surface area (Å²) in [6.07, 6.45) is 2.40. The van der Waals surface area contributed by atoms with Gasteiger partial charge in [-0.15, -0.1) is 0 Å². The van der Waals surface area contributed by atoms with Crippen LogP contribution in [0.4, 0.5) is 0 Å². The quantitative estimate of drug-likeness (QED) is 0.733. The van der Waals surface area contributed by atoms with Crippen LogP contribution in [-0.2, 0) is 27.3 Å². The second-order valence-electron chi connectivity index (χ2n) is 8.06. The van der Waals surface area contributed by atoms with Crippen molar-refractivity contribution in [1.82, 2.24) is 9.80 Å². The van der Waals surface area contributed by atoms with Crippen LogP contribution in [0.25, 0.3) is 0 Å². The van der Waals surface area contributed by atoms with Crippen LogP contribution in [0.3, 0.4) is 0 Å². The Balaban J connectivity index is 1.93. The Bertz CT molecular complexity index is 636. The molecule has 0 N–H and O–H groups in total. The molecule has 1 aliphatic rings. The normalized spacial score (nSPS) is 17.0. The molecule has 0 bridgehead atoms. The number of carbonyl (C=O) groups is 2. The van der Waals surface area contributed by atoms with Gasteiger partial charge in [-0.1, -0.05) is 24.3 Å². The van der Waals surface area contributed by atoms with E-state index in [4.69, 9.17) is 4.74 Å². The number of hydrogen-bond donors (Lipinski definition) is 0. The number of ether oxygens (including phenoxy) is 1. The molecule has 0 saturated carbocycles. The van der Waals surface area contributed by atoms with Crippen LogP contribution in [-0.4, -0.2) is 53.5 Å². The average molecular weight is 360 g/mol. The van der Waals surface area contributed by atoms with Crippen LogP contribution in [0.1, 0.15) is 51.7 Å². The summed E-state index contributed by atoms with van der Waals surface area (Å²) in [7, 11) is 1.83. The Morgan fingerprint density at radius 2 is 1.85 bits per heavy atom. The summed E-state index contributed by atoms with van der Waals surface area (Å²) < 4.78 is 5.72. The van der Waals surface area contributed by atoms with E-state index in [-0.39, 0.29) is 17.4 Å². The Kier molecular flexibility index (Phi) is 6.81. The van der Waals surface area contributed by atoms with Gasteiger partial charge in [-0.3, -0.25) is 9.59 Å². The van der Waals surface area contributed by atoms with E-state index < -0.39 is 6.04 Å². The summed E-state index contributed by atoms with van der Waals surface area (Å²) >= 11 is 0. The average Bonchev–Trinajstić information content (AvgIpc) is 2.58. The van der Waals surface area contributed by atoms with Gasteiger partial charge < -0.3 is 14.5 Å². The number of rotatable bonds is 6. The first kappa shape index (κ1) is 20.4. The molecule has 26 heavy (non-hydrogen) atoms. The number of likely N-dealkylation sites (N-methyl/N-ethyl adjacent to an activating group) is 1. The van der Waals surface area contributed by atoms with Crippen molar-refractivity contribution in [3.63, 3.8) is 0 Å². The van der Waals surface area contributed by atoms with E-state index in [2.05, 4.69) is 6.07 Å². The van der Waals surface area contributed by atoms with Gasteiger partial charge in [-0.25, -0.2) is 0 Å². The molecule has 0 spiro atoms. The molecule has 0 aromatic heterocycles. The Morgan fingerprint density at radius 1 is 1.19 bits per heavy atom. The topological polar surface area (TPSA) is 49.9 Å². The first-order valence-electron chi connectivity index (χ1n) is 9.42. The minimum Gasteiger partial charge on any atom is -0.376 e. The van der Waals surface area contributed by atoms with Crippen LogP contribution in [0.2, 0.25) is 0 Å². The summed E-state index contributed by atoms with van der Waals surface area (Å²) in [5, 5.41) is 0. The van der Waals surface area contributed by atoms with E-state index in [1.165, 1.54) is 6.92 Å². The minimum absolute atomic E-state index is 0.0199. The molecule has 1 aromatic rings. The molecule has 1 atom stereocenters. The van der Waals surface area contributed by atoms with E-state index in [0.29, 0.717) is 26.1 Å². The van der Waals surface area contributed by atoms with Gasteiger partial charge in [0.2, 0.25) is 11.8 Å². The zero-order valence-electron chi connectivity index (χ0n) is 16.7. The predicted octanol–water partition coefficient (Wildman–Crippen LogP) is 3.01. The zero-order chi connectivity index (χ0) is 19.3. The number of amides is 2. The molecule has 0 fully saturated rings. The van der Waals surface area contributed by atoms with Gasteiger partial charge in [0.15, 0.2) is 0 Å². The summed E-state index contributed by atoms with van der Waals surface area (Å²) in [4.78, 5) is 28.5. The van der Waals surface area contributed by atoms with Gasteiger partial charge in [-0.05, 0) is 44.7 Å². The smallest absolute Gasteiger partial charge is 0.245 e. The van der Waals surface area contributed by atoms with E-state index in [1.807, 2.05) is 46.0 Å². The van der Waals surface area contributed by atoms with Crippen molar-refractivity contribution in [1.29, 1.82) is 0 Å². The molecule has 0 radical (unpaired) electrons. The highest BCUT2D eigenvalue weighted by Gasteiger charge is 2.34. The molecule has 1 heterocycles. The summed E-state index contributed by atoms with van der Waals surface area (Å²) in [6.45, 7) is 9.55. The Labute approximate surface area is 157 Å². The van der Waals surface area contributed by atoms with Gasteiger partial charge >= 0.3 is 0 Å². The molecule has 0 unspecified atom stereocenters. The molecule has 144 valence electrons. The highest BCUT2D eigenvalue weighted by Crippen LogP contribution is 2.24. The van der Waals surface area contributed by atoms with Crippen LogP contribution >= 0.6 is 0 Å². The van der Waals surface area contributed by atoms with E-state index in [9.17, 15) is 9.59 Å². The Morgan fingerprint density at radius 3 is 2.46 bits per heavy atom. The lowest BCUT2D eigenvalue weighted by Crippen LogP contribution is -2.52. The summed E-state index contributed by atoms with van der Waals surface area (Å²) in [5.74, 6) is -0.0312. The first-order chi connectivity index (χ1) is 12.2. The second kappa shape index (κ2) is 8.67. The molecule has 0 aliphatic carbocycles. The fourth-order valence-corrected chi connectivity index (χ4v) is 3.27. The maximum Gasteiger partial charge on any atom is 0.245 e. The molecule has 5 nitrogen and oxygen atoms in total. The molecule has 1 aromatic carbocycles. The largest absolute Gasteiger partial charge is 0.376 e. The highest BCUT2D eigenvalue weighted by molar-refractivity contribution is 5.87. The number of fused-ring (bicyclic) bond motifs is 1. The van der Waals surface area contributed by atoms with Gasteiger partial charge in [0, 0.05) is 40.1 Å². The minimum atomic E-state index is -0.404. The van der Waals surface area contributed by atoms with Crippen molar-refractivity contribution >= 4 is 11.8 Å². The summed E-state index contributed by atoms with van der Waals surface area (Å²) in [5.41, 5.74) is 2.17. The molecule has 0 saturated heterocycles. The predicted molar refractivity (Wildman–Crippen MR) is 103 cm³/mol. The molecular weight excluding hydrogens is 328 g/mol. The second-order valence-corrected chi connectivity index (χ2v) is 8.06. The SMILES string of the molecule is CC(=O)N1Cc2ccccc2C[C@H]1C(=O)N(C)CCCCOC(C)(C)C.